The number of hydrogen-bond donors (Lipinski definition) is 0. The minimum absolute atomic E-state index is 0.0358. The number of alkyl halides is 3. The van der Waals surface area contributed by atoms with Gasteiger partial charge in [-0.1, -0.05) is 0 Å². The Kier molecular flexibility index (Phi) is 4.12. The lowest BCUT2D eigenvalue weighted by atomic mass is 9.82. The lowest BCUT2D eigenvalue weighted by molar-refractivity contribution is -0.141. The van der Waals surface area contributed by atoms with E-state index in [-0.39, 0.29) is 17.2 Å². The topological polar surface area (TPSA) is 41.5 Å². The minimum Gasteiger partial charge on any atom is -0.381 e. The first kappa shape index (κ1) is 16.3. The highest BCUT2D eigenvalue weighted by molar-refractivity contribution is 5.46. The maximum absolute atomic E-state index is 13.1. The SMILES string of the molecule is CN(C)c1cc(C(F)(F)F)nc(N2CC[C@@]3(CCCOC3)C2)n1. The number of hydrogen-bond acceptors (Lipinski definition) is 5. The summed E-state index contributed by atoms with van der Waals surface area (Å²) in [5.41, 5.74) is -0.860. The molecule has 2 fully saturated rings. The van der Waals surface area contributed by atoms with Crippen LogP contribution >= 0.6 is 0 Å². The smallest absolute Gasteiger partial charge is 0.381 e. The van der Waals surface area contributed by atoms with Gasteiger partial charge in [0.15, 0.2) is 5.69 Å². The molecule has 0 saturated carbocycles. The first-order valence-corrected chi connectivity index (χ1v) is 7.75. The molecule has 3 heterocycles. The Morgan fingerprint density at radius 1 is 1.26 bits per heavy atom. The van der Waals surface area contributed by atoms with Gasteiger partial charge >= 0.3 is 6.18 Å². The van der Waals surface area contributed by atoms with Crippen LogP contribution in [0.15, 0.2) is 6.07 Å². The molecule has 1 aromatic rings. The molecule has 0 aromatic carbocycles. The predicted molar refractivity (Wildman–Crippen MR) is 80.7 cm³/mol. The van der Waals surface area contributed by atoms with Crippen LogP contribution < -0.4 is 9.80 Å². The highest BCUT2D eigenvalue weighted by Gasteiger charge is 2.41. The second-order valence-corrected chi connectivity index (χ2v) is 6.63. The maximum Gasteiger partial charge on any atom is 0.433 e. The molecule has 0 bridgehead atoms. The van der Waals surface area contributed by atoms with Crippen LogP contribution in [0.2, 0.25) is 0 Å². The summed E-state index contributed by atoms with van der Waals surface area (Å²) in [6, 6.07) is 0.985. The fraction of sp³-hybridized carbons (Fsp3) is 0.733. The van der Waals surface area contributed by atoms with Crippen LogP contribution in [0.3, 0.4) is 0 Å². The van der Waals surface area contributed by atoms with Crippen LogP contribution in [0, 0.1) is 5.41 Å². The van der Waals surface area contributed by atoms with Crippen molar-refractivity contribution in [2.45, 2.75) is 25.4 Å². The van der Waals surface area contributed by atoms with Crippen LogP contribution in [-0.2, 0) is 10.9 Å². The lowest BCUT2D eigenvalue weighted by Crippen LogP contribution is -2.35. The summed E-state index contributed by atoms with van der Waals surface area (Å²) in [4.78, 5) is 11.5. The van der Waals surface area contributed by atoms with Gasteiger partial charge in [0.05, 0.1) is 6.61 Å². The molecule has 128 valence electrons. The van der Waals surface area contributed by atoms with Crippen LogP contribution in [0.25, 0.3) is 0 Å². The molecule has 0 N–H and O–H groups in total. The van der Waals surface area contributed by atoms with Gasteiger partial charge in [0.25, 0.3) is 0 Å². The Morgan fingerprint density at radius 3 is 2.65 bits per heavy atom. The summed E-state index contributed by atoms with van der Waals surface area (Å²) in [5, 5.41) is 0. The lowest BCUT2D eigenvalue weighted by Gasteiger charge is -2.33. The van der Waals surface area contributed by atoms with Crippen LogP contribution in [0.4, 0.5) is 24.9 Å². The number of ether oxygens (including phenoxy) is 1. The number of halogens is 3. The number of nitrogens with zero attached hydrogens (tertiary/aromatic N) is 4. The van der Waals surface area contributed by atoms with Crippen LogP contribution in [-0.4, -0.2) is 50.4 Å². The highest BCUT2D eigenvalue weighted by atomic mass is 19.4. The average molecular weight is 330 g/mol. The zero-order valence-corrected chi connectivity index (χ0v) is 13.4. The van der Waals surface area contributed by atoms with Gasteiger partial charge in [-0.05, 0) is 19.3 Å². The van der Waals surface area contributed by atoms with Crippen LogP contribution in [0.5, 0.6) is 0 Å². The van der Waals surface area contributed by atoms with Gasteiger partial charge in [-0.3, -0.25) is 0 Å². The van der Waals surface area contributed by atoms with E-state index in [0.717, 1.165) is 31.9 Å². The fourth-order valence-electron chi connectivity index (χ4n) is 3.28. The molecule has 2 aliphatic heterocycles. The fourth-order valence-corrected chi connectivity index (χ4v) is 3.28. The highest BCUT2D eigenvalue weighted by Crippen LogP contribution is 2.40. The monoisotopic (exact) mass is 330 g/mol. The third kappa shape index (κ3) is 3.36. The van der Waals surface area contributed by atoms with Gasteiger partial charge in [0.2, 0.25) is 5.95 Å². The molecule has 1 spiro atoms. The van der Waals surface area contributed by atoms with Crippen LogP contribution in [0.1, 0.15) is 25.0 Å². The zero-order chi connectivity index (χ0) is 16.7. The normalized spacial score (nSPS) is 25.2. The summed E-state index contributed by atoms with van der Waals surface area (Å²) in [6.45, 7) is 2.76. The summed E-state index contributed by atoms with van der Waals surface area (Å²) in [6.07, 6.45) is -1.53. The maximum atomic E-state index is 13.1. The van der Waals surface area contributed by atoms with E-state index < -0.39 is 11.9 Å². The Labute approximate surface area is 133 Å². The Morgan fingerprint density at radius 2 is 2.04 bits per heavy atom. The van der Waals surface area contributed by atoms with Gasteiger partial charge in [-0.25, -0.2) is 4.98 Å². The summed E-state index contributed by atoms with van der Waals surface area (Å²) in [5.74, 6) is 0.425. The second-order valence-electron chi connectivity index (χ2n) is 6.63. The van der Waals surface area contributed by atoms with Gasteiger partial charge in [0.1, 0.15) is 5.82 Å². The minimum atomic E-state index is -4.48. The molecule has 0 aliphatic carbocycles. The molecule has 2 aliphatic rings. The summed E-state index contributed by atoms with van der Waals surface area (Å²) < 4.78 is 44.9. The average Bonchev–Trinajstić information content (AvgIpc) is 2.90. The molecule has 2 saturated heterocycles. The third-order valence-corrected chi connectivity index (χ3v) is 4.57. The van der Waals surface area contributed by atoms with Crippen molar-refractivity contribution in [1.29, 1.82) is 0 Å². The molecule has 8 heteroatoms. The van der Waals surface area contributed by atoms with Gasteiger partial charge in [-0.2, -0.15) is 18.2 Å². The number of anilines is 2. The van der Waals surface area contributed by atoms with E-state index in [4.69, 9.17) is 4.74 Å². The van der Waals surface area contributed by atoms with Crippen molar-refractivity contribution < 1.29 is 17.9 Å². The van der Waals surface area contributed by atoms with E-state index in [1.807, 2.05) is 4.90 Å². The largest absolute Gasteiger partial charge is 0.433 e. The number of rotatable bonds is 2. The van der Waals surface area contributed by atoms with E-state index in [1.165, 1.54) is 0 Å². The standard InChI is InChI=1S/C15H21F3N4O/c1-21(2)12-8-11(15(16,17)18)19-13(20-12)22-6-5-14(9-22)4-3-7-23-10-14/h8H,3-7,9-10H2,1-2H3/t14-/m0/s1. The summed E-state index contributed by atoms with van der Waals surface area (Å²) >= 11 is 0. The quantitative estimate of drug-likeness (QED) is 0.834. The second kappa shape index (κ2) is 5.81. The molecule has 3 rings (SSSR count). The van der Waals surface area contributed by atoms with E-state index in [1.54, 1.807) is 19.0 Å². The first-order valence-electron chi connectivity index (χ1n) is 7.75. The predicted octanol–water partition coefficient (Wildman–Crippen LogP) is 2.57. The van der Waals surface area contributed by atoms with Crippen molar-refractivity contribution >= 4 is 11.8 Å². The van der Waals surface area contributed by atoms with Crippen molar-refractivity contribution in [2.24, 2.45) is 5.41 Å². The zero-order valence-electron chi connectivity index (χ0n) is 13.4. The van der Waals surface area contributed by atoms with Crippen molar-refractivity contribution in [3.8, 4) is 0 Å². The molecular formula is C15H21F3N4O. The molecule has 0 amide bonds. The van der Waals surface area contributed by atoms with Crippen molar-refractivity contribution in [3.05, 3.63) is 11.8 Å². The molecule has 5 nitrogen and oxygen atoms in total. The molecule has 1 aromatic heterocycles. The molecule has 0 radical (unpaired) electrons. The van der Waals surface area contributed by atoms with Gasteiger partial charge < -0.3 is 14.5 Å². The van der Waals surface area contributed by atoms with E-state index in [9.17, 15) is 13.2 Å². The van der Waals surface area contributed by atoms with Gasteiger partial charge in [0, 0.05) is 45.3 Å². The Hall–Kier alpha value is -1.57. The van der Waals surface area contributed by atoms with E-state index >= 15 is 0 Å². The Bertz CT molecular complexity index is 570. The van der Waals surface area contributed by atoms with Crippen molar-refractivity contribution in [2.75, 3.05) is 50.2 Å². The molecular weight excluding hydrogens is 309 g/mol. The van der Waals surface area contributed by atoms with E-state index in [0.29, 0.717) is 19.7 Å². The first-order chi connectivity index (χ1) is 10.8. The molecule has 23 heavy (non-hydrogen) atoms. The summed E-state index contributed by atoms with van der Waals surface area (Å²) in [7, 11) is 3.35. The number of aromatic nitrogens is 2. The van der Waals surface area contributed by atoms with Gasteiger partial charge in [-0.15, -0.1) is 0 Å². The Balaban J connectivity index is 1.89. The van der Waals surface area contributed by atoms with E-state index in [2.05, 4.69) is 9.97 Å². The van der Waals surface area contributed by atoms with Crippen molar-refractivity contribution in [1.82, 2.24) is 9.97 Å². The molecule has 0 unspecified atom stereocenters. The molecule has 1 atom stereocenters. The third-order valence-electron chi connectivity index (χ3n) is 4.57. The van der Waals surface area contributed by atoms with Crippen molar-refractivity contribution in [3.63, 3.8) is 0 Å².